The van der Waals surface area contributed by atoms with Gasteiger partial charge in [0.05, 0.1) is 84.4 Å². The zero-order chi connectivity index (χ0) is 93.0. The number of carbonyl (C=O) groups is 13. The van der Waals surface area contributed by atoms with Crippen molar-refractivity contribution in [3.8, 4) is 0 Å². The Bertz CT molecular complexity index is 6050. The number of fused-ring (bicyclic) bond motifs is 4. The van der Waals surface area contributed by atoms with Crippen LogP contribution in [0.3, 0.4) is 0 Å². The molecule has 0 aliphatic heterocycles. The predicted octanol–water partition coefficient (Wildman–Crippen LogP) is -13.9. The van der Waals surface area contributed by atoms with Crippen molar-refractivity contribution in [2.24, 2.45) is 11.5 Å². The minimum Gasteiger partial charge on any atom is -0.383 e. The number of hydrogen-bond donors (Lipinski definition) is 16. The first-order chi connectivity index (χ1) is 61.8. The van der Waals surface area contributed by atoms with Crippen LogP contribution in [0.5, 0.6) is 0 Å². The number of nitrogens with one attached hydrogen (secondary N) is 8. The summed E-state index contributed by atoms with van der Waals surface area (Å²) in [6.45, 7) is -11.8. The number of nitrogens with zero attached hydrogens (tertiary/aromatic N) is 24. The first kappa shape index (κ1) is 94.6. The first-order valence-corrected chi connectivity index (χ1v) is 39.1. The molecular weight excluding hydrogens is 1710 g/mol. The van der Waals surface area contributed by atoms with Crippen LogP contribution in [0.4, 0.5) is 35.2 Å². The van der Waals surface area contributed by atoms with E-state index in [4.69, 9.17) is 55.3 Å². The average molecular weight is 1800 g/mol. The molecule has 129 heavy (non-hydrogen) atoms. The summed E-state index contributed by atoms with van der Waals surface area (Å²) in [6, 6.07) is 2.51. The zero-order valence-electron chi connectivity index (χ0n) is 68.9. The third-order valence-corrected chi connectivity index (χ3v) is 18.7. The van der Waals surface area contributed by atoms with E-state index in [1.807, 2.05) is 0 Å². The number of H-pyrrole nitrogens is 2. The standard InChI is InChI=1S/C70H92N40O19/c71-3-18-128-19-20-129-33-48(117)84-9-17-101(50(119)28-106-11-2-41(73)94-70(106)127)23-44(113)80-5-13-100(49(118)27-105-10-1-40(72)93-69(105)126)22-43(112)81-6-14-103(53(122)30-108-37-90-56-60(76)86-35-88-62(56)108)25-46(115)83-8-16-104(54(123)32-110-39-92-58-64(110)96-68(78)98-66(58)125)26-47(116)82-7-15-102(52(121)29-107-36-89-55-59(75)85-34-87-61(55)107)24-45(114)79-4-12-99(21-42(74)111)51(120)31-109-38-91-57-63(109)95-67(77)97-65(57)124/h1-2,10-11,34-39H,3-9,12-33,71H2,(H2,74,111)(H,79,114)(H,80,113)(H,81,112)(H,82,116)(H,83,115)(H,84,117)(H2,72,93,126)(H2,73,94,127)(H2,75,85,87)(H2,76,86,88)(H3,77,95,97,124)(H3,78,96,98,125). The minimum atomic E-state index is -0.935. The normalized spacial score (nSPS) is 11.1. The fourth-order valence-corrected chi connectivity index (χ4v) is 12.4. The average Bonchev–Trinajstić information content (AvgIpc) is 1.66. The maximum absolute atomic E-state index is 14.5. The molecule has 0 bridgehead atoms. The van der Waals surface area contributed by atoms with E-state index in [1.165, 1.54) is 55.4 Å². The highest BCUT2D eigenvalue weighted by Crippen LogP contribution is 2.17. The van der Waals surface area contributed by atoms with E-state index in [1.54, 1.807) is 0 Å². The molecule has 0 unspecified atom stereocenters. The van der Waals surface area contributed by atoms with Crippen LogP contribution in [-0.4, -0.2) is 354 Å². The van der Waals surface area contributed by atoms with Gasteiger partial charge in [-0.15, -0.1) is 0 Å². The summed E-state index contributed by atoms with van der Waals surface area (Å²) in [5.74, 6) is -11.3. The molecule has 10 aromatic heterocycles. The summed E-state index contributed by atoms with van der Waals surface area (Å²) in [5.41, 5.74) is 42.6. The molecule has 13 amide bonds. The first-order valence-electron chi connectivity index (χ1n) is 39.1. The zero-order valence-corrected chi connectivity index (χ0v) is 68.9. The van der Waals surface area contributed by atoms with Crippen molar-refractivity contribution < 1.29 is 71.8 Å². The summed E-state index contributed by atoms with van der Waals surface area (Å²) in [5, 5.41) is 15.5. The van der Waals surface area contributed by atoms with Crippen LogP contribution in [0.2, 0.25) is 0 Å². The highest BCUT2D eigenvalue weighted by atomic mass is 16.5. The van der Waals surface area contributed by atoms with Crippen molar-refractivity contribution in [2.75, 3.05) is 185 Å². The number of nitrogens with two attached hydrogens (primary N) is 8. The quantitative estimate of drug-likeness (QED) is 0.0157. The topological polar surface area (TPSA) is 824 Å². The number of aromatic amines is 2. The van der Waals surface area contributed by atoms with E-state index < -0.39 is 230 Å². The van der Waals surface area contributed by atoms with Crippen molar-refractivity contribution in [3.63, 3.8) is 0 Å². The maximum atomic E-state index is 14.5. The lowest BCUT2D eigenvalue weighted by Crippen LogP contribution is -2.50. The van der Waals surface area contributed by atoms with E-state index in [-0.39, 0.29) is 139 Å². The van der Waals surface area contributed by atoms with Gasteiger partial charge in [0.1, 0.15) is 81.2 Å². The predicted molar refractivity (Wildman–Crippen MR) is 448 cm³/mol. The van der Waals surface area contributed by atoms with Crippen LogP contribution in [0.25, 0.3) is 44.7 Å². The van der Waals surface area contributed by atoms with E-state index >= 15 is 0 Å². The molecule has 0 aliphatic carbocycles. The fourth-order valence-electron chi connectivity index (χ4n) is 12.4. The molecule has 0 fully saturated rings. The van der Waals surface area contributed by atoms with Crippen LogP contribution < -0.4 is 100 Å². The Morgan fingerprint density at radius 2 is 0.643 bits per heavy atom. The van der Waals surface area contributed by atoms with Crippen molar-refractivity contribution >= 4 is 157 Å². The van der Waals surface area contributed by atoms with E-state index in [0.29, 0.717) is 0 Å². The third-order valence-electron chi connectivity index (χ3n) is 18.7. The summed E-state index contributed by atoms with van der Waals surface area (Å²) in [6.07, 6.45) is 9.42. The van der Waals surface area contributed by atoms with E-state index in [2.05, 4.69) is 102 Å². The lowest BCUT2D eigenvalue weighted by molar-refractivity contribution is -0.138. The number of anilines is 6. The second-order valence-corrected chi connectivity index (χ2v) is 28.0. The number of carbonyl (C=O) groups excluding carboxylic acids is 13. The van der Waals surface area contributed by atoms with Gasteiger partial charge in [-0.25, -0.2) is 49.5 Å². The van der Waals surface area contributed by atoms with E-state index in [9.17, 15) is 81.5 Å². The number of amides is 13. The Balaban J connectivity index is 0.799. The monoisotopic (exact) mass is 1800 g/mol. The molecule has 0 atom stereocenters. The molecule has 10 heterocycles. The van der Waals surface area contributed by atoms with Crippen LogP contribution in [0.15, 0.2) is 81.7 Å². The van der Waals surface area contributed by atoms with Gasteiger partial charge in [-0.3, -0.25) is 91.0 Å². The van der Waals surface area contributed by atoms with E-state index in [0.717, 1.165) is 63.8 Å². The SMILES string of the molecule is NCCOCCOCC(=O)NCCN(CC(=O)NCCN(CC(=O)NCCN(CC(=O)NCCN(CC(=O)NCCN(CC(=O)NCCN(CC(N)=O)C(=O)Cn1cnc2c(=O)[nH]c(N)nc21)C(=O)Cn1cnc2c(N)ncnc21)C(=O)Cn1cnc2c(=O)[nH]c(N)nc21)C(=O)Cn1cnc2c(N)ncnc21)C(=O)Cn1ccc(N)nc1=O)C(=O)Cn1ccc(N)nc1=O. The van der Waals surface area contributed by atoms with Gasteiger partial charge in [0.25, 0.3) is 11.1 Å². The Morgan fingerprint density at radius 3 is 0.961 bits per heavy atom. The van der Waals surface area contributed by atoms with Crippen LogP contribution >= 0.6 is 0 Å². The van der Waals surface area contributed by atoms with Gasteiger partial charge in [-0.05, 0) is 12.1 Å². The number of hydrogen-bond acceptors (Lipinski definition) is 38. The van der Waals surface area contributed by atoms with Gasteiger partial charge in [0.15, 0.2) is 45.3 Å². The van der Waals surface area contributed by atoms with Crippen LogP contribution in [-0.2, 0) is 111 Å². The summed E-state index contributed by atoms with van der Waals surface area (Å²) >= 11 is 0. The second-order valence-electron chi connectivity index (χ2n) is 28.0. The molecule has 10 rings (SSSR count). The molecule has 0 radical (unpaired) electrons. The number of primary amides is 1. The van der Waals surface area contributed by atoms with Crippen molar-refractivity contribution in [3.05, 3.63) is 104 Å². The number of imidazole rings is 4. The highest BCUT2D eigenvalue weighted by Gasteiger charge is 2.29. The van der Waals surface area contributed by atoms with Crippen molar-refractivity contribution in [1.29, 1.82) is 0 Å². The van der Waals surface area contributed by atoms with Crippen molar-refractivity contribution in [2.45, 2.75) is 39.3 Å². The molecule has 0 saturated carbocycles. The van der Waals surface area contributed by atoms with Gasteiger partial charge in [0.2, 0.25) is 88.7 Å². The molecule has 0 aromatic carbocycles. The van der Waals surface area contributed by atoms with Gasteiger partial charge in [-0.1, -0.05) is 0 Å². The lowest BCUT2D eigenvalue weighted by Gasteiger charge is -2.26. The fraction of sp³-hybridized carbons (Fsp3) is 0.414. The Kier molecular flexibility index (Phi) is 33.1. The Labute approximate surface area is 724 Å². The maximum Gasteiger partial charge on any atom is 0.349 e. The second kappa shape index (κ2) is 45.1. The summed E-state index contributed by atoms with van der Waals surface area (Å²) in [7, 11) is 0. The summed E-state index contributed by atoms with van der Waals surface area (Å²) < 4.78 is 17.4. The minimum absolute atomic E-state index is 0.00535. The molecule has 0 aliphatic rings. The largest absolute Gasteiger partial charge is 0.383 e. The molecule has 24 N–H and O–H groups in total. The number of rotatable bonds is 49. The van der Waals surface area contributed by atoms with Gasteiger partial charge < -0.3 is 135 Å². The Hall–Kier alpha value is -16.7. The smallest absolute Gasteiger partial charge is 0.349 e. The number of aromatic nitrogens is 20. The molecule has 59 nitrogen and oxygen atoms in total. The molecular formula is C70H92N40O19. The molecule has 0 spiro atoms. The molecule has 0 saturated heterocycles. The summed E-state index contributed by atoms with van der Waals surface area (Å²) in [4.78, 5) is 289. The molecule has 686 valence electrons. The highest BCUT2D eigenvalue weighted by molar-refractivity contribution is 5.91. The van der Waals surface area contributed by atoms with Crippen LogP contribution in [0, 0.1) is 0 Å². The molecule has 10 aromatic rings. The van der Waals surface area contributed by atoms with Gasteiger partial charge in [-0.2, -0.15) is 19.9 Å². The van der Waals surface area contributed by atoms with Crippen LogP contribution in [0.1, 0.15) is 0 Å². The van der Waals surface area contributed by atoms with Crippen molar-refractivity contribution in [1.82, 2.24) is 158 Å². The number of nitrogen functional groups attached to an aromatic ring is 6. The Morgan fingerprint density at radius 1 is 0.349 bits per heavy atom. The van der Waals surface area contributed by atoms with Gasteiger partial charge >= 0.3 is 11.4 Å². The van der Waals surface area contributed by atoms with Gasteiger partial charge in [0, 0.05) is 97.5 Å². The lowest BCUT2D eigenvalue weighted by atomic mass is 10.3. The third kappa shape index (κ3) is 27.2. The molecule has 59 heteroatoms. The number of ether oxygens (including phenoxy) is 2.